The van der Waals surface area contributed by atoms with Crippen molar-refractivity contribution in [2.45, 2.75) is 24.7 Å². The molecule has 33 heavy (non-hydrogen) atoms. The van der Waals surface area contributed by atoms with E-state index in [1.807, 2.05) is 48.5 Å². The van der Waals surface area contributed by atoms with E-state index in [1.165, 1.54) is 23.9 Å². The van der Waals surface area contributed by atoms with Crippen LogP contribution in [0.1, 0.15) is 5.56 Å². The maximum absolute atomic E-state index is 15.2. The molecule has 0 spiro atoms. The number of carbonyl (C=O) groups excluding carboxylic acids is 1. The second-order valence-corrected chi connectivity index (χ2v) is 10.5. The van der Waals surface area contributed by atoms with Gasteiger partial charge in [0.2, 0.25) is 0 Å². The molecule has 4 rings (SSSR count). The average molecular weight is 477 g/mol. The summed E-state index contributed by atoms with van der Waals surface area (Å²) < 4.78 is 49.6. The fourth-order valence-electron chi connectivity index (χ4n) is 4.30. The molecule has 2 amide bonds. The van der Waals surface area contributed by atoms with Crippen LogP contribution in [0.2, 0.25) is 0 Å². The number of likely N-dealkylation sites (N-methyl/N-ethyl adjacent to an activating group) is 1. The van der Waals surface area contributed by atoms with Gasteiger partial charge < -0.3 is 14.5 Å². The van der Waals surface area contributed by atoms with E-state index >= 15 is 4.39 Å². The van der Waals surface area contributed by atoms with E-state index in [0.29, 0.717) is 13.0 Å². The van der Waals surface area contributed by atoms with Gasteiger partial charge in [0.25, 0.3) is 10.2 Å². The smallest absolute Gasteiger partial charge is 0.320 e. The Morgan fingerprint density at radius 2 is 1.91 bits per heavy atom. The summed E-state index contributed by atoms with van der Waals surface area (Å²) in [6.45, 7) is 0.390. The Bertz CT molecular complexity index is 1130. The van der Waals surface area contributed by atoms with Crippen LogP contribution in [0, 0.1) is 0 Å². The Balaban J connectivity index is 1.76. The number of hydrogen-bond donors (Lipinski definition) is 1. The van der Waals surface area contributed by atoms with Crippen molar-refractivity contribution in [2.75, 3.05) is 40.8 Å². The summed E-state index contributed by atoms with van der Waals surface area (Å²) in [5, 5.41) is 0. The van der Waals surface area contributed by atoms with E-state index in [4.69, 9.17) is 4.74 Å². The molecule has 0 aliphatic carbocycles. The van der Waals surface area contributed by atoms with Gasteiger partial charge in [-0.05, 0) is 23.6 Å². The fraction of sp³-hybridized carbons (Fsp3) is 0.435. The molecule has 2 aromatic rings. The molecule has 0 aromatic heterocycles. The first kappa shape index (κ1) is 23.5. The summed E-state index contributed by atoms with van der Waals surface area (Å²) in [7, 11) is 0.511. The molecule has 1 saturated heterocycles. The molecule has 178 valence electrons. The number of amides is 2. The standard InChI is InChI=1S/C23H29FN4O4S/c1-26(2)33(30,31)25-22-19(24)15-28-20(22)14-16-7-6-8-17(13-16)18-9-4-5-10-21(18)32-12-11-27(3)23(28)29/h4-10,13,19-20,22,25H,11-12,14-15H2,1-3H3/t19-,20-,22-/m0/s1. The molecule has 2 aromatic carbocycles. The number of benzene rings is 2. The molecule has 8 nitrogen and oxygen atoms in total. The zero-order valence-electron chi connectivity index (χ0n) is 18.9. The Labute approximate surface area is 194 Å². The van der Waals surface area contributed by atoms with Crippen molar-refractivity contribution in [1.82, 2.24) is 18.8 Å². The van der Waals surface area contributed by atoms with Crippen LogP contribution in [-0.4, -0.2) is 87.6 Å². The highest BCUT2D eigenvalue weighted by Crippen LogP contribution is 2.32. The average Bonchev–Trinajstić information content (AvgIpc) is 3.07. The predicted molar refractivity (Wildman–Crippen MR) is 124 cm³/mol. The molecule has 0 saturated carbocycles. The topological polar surface area (TPSA) is 82.2 Å². The minimum Gasteiger partial charge on any atom is -0.491 e. The fourth-order valence-corrected chi connectivity index (χ4v) is 5.16. The summed E-state index contributed by atoms with van der Waals surface area (Å²) in [4.78, 5) is 16.2. The molecule has 0 radical (unpaired) electrons. The number of urea groups is 1. The number of hydrogen-bond acceptors (Lipinski definition) is 4. The van der Waals surface area contributed by atoms with Gasteiger partial charge in [-0.2, -0.15) is 17.4 Å². The van der Waals surface area contributed by atoms with Crippen LogP contribution in [0.3, 0.4) is 0 Å². The van der Waals surface area contributed by atoms with Crippen LogP contribution in [0.15, 0.2) is 48.5 Å². The van der Waals surface area contributed by atoms with Crippen LogP contribution in [-0.2, 0) is 16.6 Å². The maximum Gasteiger partial charge on any atom is 0.320 e. The monoisotopic (exact) mass is 476 g/mol. The van der Waals surface area contributed by atoms with E-state index < -0.39 is 28.5 Å². The minimum atomic E-state index is -3.89. The SMILES string of the molecule is CN1CCOc2ccccc2-c2cccc(c2)C[C@H]2[C@@H](NS(=O)(=O)N(C)C)[C@@H](F)CN2C1=O. The Hall–Kier alpha value is -2.69. The molecule has 2 heterocycles. The second-order valence-electron chi connectivity index (χ2n) is 8.62. The van der Waals surface area contributed by atoms with Crippen LogP contribution in [0.25, 0.3) is 11.1 Å². The number of ether oxygens (including phenoxy) is 1. The van der Waals surface area contributed by atoms with Gasteiger partial charge >= 0.3 is 6.03 Å². The van der Waals surface area contributed by atoms with Crippen LogP contribution < -0.4 is 9.46 Å². The lowest BCUT2D eigenvalue weighted by Crippen LogP contribution is -2.53. The molecule has 2 bridgehead atoms. The van der Waals surface area contributed by atoms with Crippen molar-refractivity contribution in [3.05, 3.63) is 54.1 Å². The summed E-state index contributed by atoms with van der Waals surface area (Å²) in [5.74, 6) is 0.718. The third kappa shape index (κ3) is 4.83. The van der Waals surface area contributed by atoms with Gasteiger partial charge in [-0.3, -0.25) is 0 Å². The highest BCUT2D eigenvalue weighted by molar-refractivity contribution is 7.87. The van der Waals surface area contributed by atoms with Gasteiger partial charge in [-0.25, -0.2) is 9.18 Å². The molecular weight excluding hydrogens is 447 g/mol. The maximum atomic E-state index is 15.2. The number of rotatable bonds is 3. The van der Waals surface area contributed by atoms with Crippen molar-refractivity contribution in [1.29, 1.82) is 0 Å². The molecule has 1 N–H and O–H groups in total. The van der Waals surface area contributed by atoms with E-state index in [1.54, 1.807) is 7.05 Å². The first-order valence-corrected chi connectivity index (χ1v) is 12.3. The predicted octanol–water partition coefficient (Wildman–Crippen LogP) is 2.13. The summed E-state index contributed by atoms with van der Waals surface area (Å²) in [6.07, 6.45) is -1.23. The van der Waals surface area contributed by atoms with Crippen molar-refractivity contribution < 1.29 is 22.3 Å². The van der Waals surface area contributed by atoms with Gasteiger partial charge in [0.05, 0.1) is 25.2 Å². The van der Waals surface area contributed by atoms with E-state index in [-0.39, 0.29) is 19.2 Å². The zero-order valence-corrected chi connectivity index (χ0v) is 19.8. The molecule has 0 unspecified atom stereocenters. The number of alkyl halides is 1. The molecular formula is C23H29FN4O4S. The van der Waals surface area contributed by atoms with Gasteiger partial charge in [0.15, 0.2) is 0 Å². The zero-order chi connectivity index (χ0) is 23.8. The quantitative estimate of drug-likeness (QED) is 0.736. The molecule has 2 aliphatic rings. The highest BCUT2D eigenvalue weighted by atomic mass is 32.2. The third-order valence-electron chi connectivity index (χ3n) is 6.17. The lowest BCUT2D eigenvalue weighted by atomic mass is 9.96. The molecule has 10 heteroatoms. The number of carbonyl (C=O) groups is 1. The summed E-state index contributed by atoms with van der Waals surface area (Å²) in [5.41, 5.74) is 2.73. The number of para-hydroxylation sites is 1. The highest BCUT2D eigenvalue weighted by Gasteiger charge is 2.47. The number of fused-ring (bicyclic) bond motifs is 5. The van der Waals surface area contributed by atoms with Crippen molar-refractivity contribution in [3.63, 3.8) is 0 Å². The van der Waals surface area contributed by atoms with Crippen LogP contribution >= 0.6 is 0 Å². The molecule has 1 fully saturated rings. The normalized spacial score (nSPS) is 23.8. The first-order chi connectivity index (χ1) is 15.7. The third-order valence-corrected chi connectivity index (χ3v) is 7.70. The lowest BCUT2D eigenvalue weighted by molar-refractivity contribution is 0.146. The van der Waals surface area contributed by atoms with E-state index in [2.05, 4.69) is 4.72 Å². The largest absolute Gasteiger partial charge is 0.491 e. The van der Waals surface area contributed by atoms with Gasteiger partial charge in [0, 0.05) is 26.7 Å². The second kappa shape index (κ2) is 9.28. The van der Waals surface area contributed by atoms with Crippen LogP contribution in [0.4, 0.5) is 9.18 Å². The molecule has 2 aliphatic heterocycles. The lowest BCUT2D eigenvalue weighted by Gasteiger charge is -2.32. The number of nitrogens with one attached hydrogen (secondary N) is 1. The van der Waals surface area contributed by atoms with Crippen molar-refractivity contribution >= 4 is 16.2 Å². The van der Waals surface area contributed by atoms with Gasteiger partial charge in [-0.15, -0.1) is 0 Å². The van der Waals surface area contributed by atoms with E-state index in [9.17, 15) is 13.2 Å². The van der Waals surface area contributed by atoms with Crippen molar-refractivity contribution in [3.8, 4) is 16.9 Å². The van der Waals surface area contributed by atoms with Gasteiger partial charge in [-0.1, -0.05) is 42.5 Å². The van der Waals surface area contributed by atoms with E-state index in [0.717, 1.165) is 26.7 Å². The molecule has 3 atom stereocenters. The summed E-state index contributed by atoms with van der Waals surface area (Å²) >= 11 is 0. The Kier molecular flexibility index (Phi) is 6.60. The Morgan fingerprint density at radius 3 is 2.67 bits per heavy atom. The summed E-state index contributed by atoms with van der Waals surface area (Å²) in [6, 6.07) is 13.3. The Morgan fingerprint density at radius 1 is 1.15 bits per heavy atom. The van der Waals surface area contributed by atoms with Gasteiger partial charge in [0.1, 0.15) is 18.5 Å². The van der Waals surface area contributed by atoms with Crippen molar-refractivity contribution in [2.24, 2.45) is 0 Å². The van der Waals surface area contributed by atoms with Crippen LogP contribution in [0.5, 0.6) is 5.75 Å². The number of halogens is 1. The number of nitrogens with zero attached hydrogens (tertiary/aromatic N) is 3. The first-order valence-electron chi connectivity index (χ1n) is 10.8. The minimum absolute atomic E-state index is 0.185.